The lowest BCUT2D eigenvalue weighted by Crippen LogP contribution is -2.10. The van der Waals surface area contributed by atoms with Crippen LogP contribution in [-0.4, -0.2) is 15.0 Å². The third-order valence-corrected chi connectivity index (χ3v) is 4.77. The Bertz CT molecular complexity index is 516. The lowest BCUT2D eigenvalue weighted by atomic mass is 10.1. The molecule has 7 heteroatoms. The van der Waals surface area contributed by atoms with Crippen LogP contribution in [0.1, 0.15) is 26.7 Å². The van der Waals surface area contributed by atoms with Crippen molar-refractivity contribution in [3.8, 4) is 5.75 Å². The van der Waals surface area contributed by atoms with Gasteiger partial charge in [0.1, 0.15) is 0 Å². The summed E-state index contributed by atoms with van der Waals surface area (Å²) >= 11 is 12.0. The van der Waals surface area contributed by atoms with E-state index in [0.29, 0.717) is 18.3 Å². The van der Waals surface area contributed by atoms with Gasteiger partial charge in [-0.05, 0) is 18.1 Å². The first kappa shape index (κ1) is 16.9. The molecule has 0 saturated heterocycles. The average Bonchev–Trinajstić information content (AvgIpc) is 2.31. The molecular weight excluding hydrogens is 331 g/mol. The second-order valence-corrected chi connectivity index (χ2v) is 7.53. The summed E-state index contributed by atoms with van der Waals surface area (Å²) in [5, 5.41) is 0.273. The molecule has 0 atom stereocenters. The molecule has 0 fully saturated rings. The lowest BCUT2D eigenvalue weighted by Gasteiger charge is -2.16. The Morgan fingerprint density at radius 1 is 1.16 bits per heavy atom. The van der Waals surface area contributed by atoms with Crippen LogP contribution in [0.4, 0.5) is 0 Å². The van der Waals surface area contributed by atoms with Crippen LogP contribution < -0.4 is 4.74 Å². The molecule has 0 heterocycles. The fourth-order valence-corrected chi connectivity index (χ4v) is 3.05. The van der Waals surface area contributed by atoms with Crippen molar-refractivity contribution in [3.05, 3.63) is 22.2 Å². The Kier molecular flexibility index (Phi) is 6.24. The molecule has 0 aromatic heterocycles. The molecular formula is C12H15Cl3O3S. The first-order valence-corrected chi connectivity index (χ1v) is 8.92. The predicted molar refractivity (Wildman–Crippen MR) is 79.1 cm³/mol. The van der Waals surface area contributed by atoms with Crippen molar-refractivity contribution in [1.29, 1.82) is 0 Å². The van der Waals surface area contributed by atoms with Gasteiger partial charge in [0.2, 0.25) is 0 Å². The number of hydrogen-bond donors (Lipinski definition) is 0. The van der Waals surface area contributed by atoms with Crippen LogP contribution in [-0.2, 0) is 9.05 Å². The molecule has 0 spiro atoms. The lowest BCUT2D eigenvalue weighted by molar-refractivity contribution is 0.241. The summed E-state index contributed by atoms with van der Waals surface area (Å²) in [5.41, 5.74) is 0. The van der Waals surface area contributed by atoms with E-state index in [2.05, 4.69) is 13.8 Å². The van der Waals surface area contributed by atoms with E-state index in [4.69, 9.17) is 38.6 Å². The summed E-state index contributed by atoms with van der Waals surface area (Å²) in [4.78, 5) is -0.140. The molecule has 1 rings (SSSR count). The van der Waals surface area contributed by atoms with Crippen molar-refractivity contribution in [2.24, 2.45) is 5.92 Å². The van der Waals surface area contributed by atoms with E-state index >= 15 is 0 Å². The second kappa shape index (κ2) is 7.02. The highest BCUT2D eigenvalue weighted by atomic mass is 35.7. The summed E-state index contributed by atoms with van der Waals surface area (Å²) in [7, 11) is 1.38. The standard InChI is InChI=1S/C12H15Cl3O3S/c1-3-8(4-2)7-18-12-10(13)5-9(6-11(12)14)19(15,16)17/h5-6,8H,3-4,7H2,1-2H3. The van der Waals surface area contributed by atoms with Gasteiger partial charge in [-0.1, -0.05) is 49.9 Å². The van der Waals surface area contributed by atoms with Gasteiger partial charge in [0.15, 0.2) is 5.75 Å². The van der Waals surface area contributed by atoms with Gasteiger partial charge in [-0.15, -0.1) is 0 Å². The van der Waals surface area contributed by atoms with Gasteiger partial charge in [0, 0.05) is 10.7 Å². The molecule has 0 saturated carbocycles. The van der Waals surface area contributed by atoms with Crippen LogP contribution in [0.15, 0.2) is 17.0 Å². The van der Waals surface area contributed by atoms with Gasteiger partial charge in [0.05, 0.1) is 21.5 Å². The second-order valence-electron chi connectivity index (χ2n) is 4.15. The molecule has 0 aliphatic rings. The van der Waals surface area contributed by atoms with Crippen molar-refractivity contribution >= 4 is 42.9 Å². The molecule has 0 aliphatic heterocycles. The zero-order valence-electron chi connectivity index (χ0n) is 10.6. The van der Waals surface area contributed by atoms with Crippen LogP contribution in [0, 0.1) is 5.92 Å². The monoisotopic (exact) mass is 344 g/mol. The molecule has 0 radical (unpaired) electrons. The van der Waals surface area contributed by atoms with Crippen LogP contribution >= 0.6 is 33.9 Å². The Hall–Kier alpha value is -0.160. The smallest absolute Gasteiger partial charge is 0.261 e. The molecule has 1 aromatic rings. The van der Waals surface area contributed by atoms with Crippen LogP contribution in [0.3, 0.4) is 0 Å². The van der Waals surface area contributed by atoms with Gasteiger partial charge in [-0.3, -0.25) is 0 Å². The van der Waals surface area contributed by atoms with Crippen molar-refractivity contribution in [2.45, 2.75) is 31.6 Å². The first-order valence-electron chi connectivity index (χ1n) is 5.86. The minimum atomic E-state index is -3.86. The Morgan fingerprint density at radius 2 is 1.63 bits per heavy atom. The quantitative estimate of drug-likeness (QED) is 0.700. The van der Waals surface area contributed by atoms with Crippen molar-refractivity contribution in [2.75, 3.05) is 6.61 Å². The Balaban J connectivity index is 2.98. The average molecular weight is 346 g/mol. The van der Waals surface area contributed by atoms with Crippen molar-refractivity contribution in [3.63, 3.8) is 0 Å². The number of ether oxygens (including phenoxy) is 1. The maximum absolute atomic E-state index is 11.2. The van der Waals surface area contributed by atoms with E-state index < -0.39 is 9.05 Å². The largest absolute Gasteiger partial charge is 0.490 e. The summed E-state index contributed by atoms with van der Waals surface area (Å²) in [6.07, 6.45) is 1.97. The van der Waals surface area contributed by atoms with Crippen LogP contribution in [0.25, 0.3) is 0 Å². The van der Waals surface area contributed by atoms with E-state index in [1.54, 1.807) is 0 Å². The number of hydrogen-bond acceptors (Lipinski definition) is 3. The van der Waals surface area contributed by atoms with Gasteiger partial charge in [0.25, 0.3) is 9.05 Å². The minimum absolute atomic E-state index is 0.137. The molecule has 19 heavy (non-hydrogen) atoms. The minimum Gasteiger partial charge on any atom is -0.490 e. The fourth-order valence-electron chi connectivity index (χ4n) is 1.54. The highest BCUT2D eigenvalue weighted by Crippen LogP contribution is 2.36. The Labute approximate surface area is 128 Å². The van der Waals surface area contributed by atoms with Crippen molar-refractivity contribution in [1.82, 2.24) is 0 Å². The van der Waals surface area contributed by atoms with Crippen molar-refractivity contribution < 1.29 is 13.2 Å². The first-order chi connectivity index (χ1) is 8.79. The van der Waals surface area contributed by atoms with E-state index in [1.807, 2.05) is 0 Å². The number of rotatable bonds is 6. The molecule has 0 aliphatic carbocycles. The number of benzene rings is 1. The van der Waals surface area contributed by atoms with E-state index in [-0.39, 0.29) is 14.9 Å². The fraction of sp³-hybridized carbons (Fsp3) is 0.500. The summed E-state index contributed by atoms with van der Waals surface area (Å²) in [6.45, 7) is 4.63. The van der Waals surface area contributed by atoms with Gasteiger partial charge >= 0.3 is 0 Å². The topological polar surface area (TPSA) is 43.4 Å². The zero-order valence-corrected chi connectivity index (χ0v) is 13.7. The maximum Gasteiger partial charge on any atom is 0.261 e. The third-order valence-electron chi connectivity index (χ3n) is 2.87. The molecule has 1 aromatic carbocycles. The maximum atomic E-state index is 11.2. The molecule has 108 valence electrons. The Morgan fingerprint density at radius 3 is 2.00 bits per heavy atom. The normalized spacial score (nSPS) is 11.9. The van der Waals surface area contributed by atoms with Crippen LogP contribution in [0.5, 0.6) is 5.75 Å². The van der Waals surface area contributed by atoms with E-state index in [0.717, 1.165) is 12.8 Å². The summed E-state index contributed by atoms with van der Waals surface area (Å²) in [5.74, 6) is 0.697. The highest BCUT2D eigenvalue weighted by molar-refractivity contribution is 8.13. The molecule has 0 bridgehead atoms. The summed E-state index contributed by atoms with van der Waals surface area (Å²) in [6, 6.07) is 2.47. The molecule has 3 nitrogen and oxygen atoms in total. The van der Waals surface area contributed by atoms with Gasteiger partial charge in [-0.2, -0.15) is 0 Å². The van der Waals surface area contributed by atoms with Gasteiger partial charge in [-0.25, -0.2) is 8.42 Å². The van der Waals surface area contributed by atoms with Crippen LogP contribution in [0.2, 0.25) is 10.0 Å². The van der Waals surface area contributed by atoms with E-state index in [9.17, 15) is 8.42 Å². The molecule has 0 N–H and O–H groups in total. The predicted octanol–water partition coefficient (Wildman–Crippen LogP) is 4.74. The van der Waals surface area contributed by atoms with E-state index in [1.165, 1.54) is 12.1 Å². The SMILES string of the molecule is CCC(CC)COc1c(Cl)cc(S(=O)(=O)Cl)cc1Cl. The van der Waals surface area contributed by atoms with Gasteiger partial charge < -0.3 is 4.74 Å². The highest BCUT2D eigenvalue weighted by Gasteiger charge is 2.17. The molecule has 0 amide bonds. The number of halogens is 3. The zero-order chi connectivity index (χ0) is 14.6. The third kappa shape index (κ3) is 4.71. The molecule has 0 unspecified atom stereocenters. The summed E-state index contributed by atoms with van der Waals surface area (Å²) < 4.78 is 28.0.